The Morgan fingerprint density at radius 1 is 1.30 bits per heavy atom. The predicted octanol–water partition coefficient (Wildman–Crippen LogP) is 3.33. The van der Waals surface area contributed by atoms with E-state index in [0.717, 1.165) is 36.5 Å². The molecule has 1 fully saturated rings. The zero-order valence-electron chi connectivity index (χ0n) is 15.5. The Morgan fingerprint density at radius 3 is 2.63 bits per heavy atom. The molecular weight excluding hydrogens is 354 g/mol. The minimum atomic E-state index is -2.86. The van der Waals surface area contributed by atoms with Crippen LogP contribution < -0.4 is 4.74 Å². The highest BCUT2D eigenvalue weighted by Gasteiger charge is 2.23. The first-order valence-corrected chi connectivity index (χ1v) is 9.03. The number of likely N-dealkylation sites (tertiary alicyclic amines) is 1. The molecule has 5 nitrogen and oxygen atoms in total. The minimum absolute atomic E-state index is 0.0149. The minimum Gasteiger partial charge on any atom is -0.435 e. The van der Waals surface area contributed by atoms with Crippen molar-refractivity contribution >= 4 is 5.78 Å². The van der Waals surface area contributed by atoms with Crippen LogP contribution in [0.5, 0.6) is 5.75 Å². The molecule has 0 spiro atoms. The highest BCUT2D eigenvalue weighted by Crippen LogP contribution is 2.24. The number of ether oxygens (including phenoxy) is 1. The Morgan fingerprint density at radius 2 is 2.00 bits per heavy atom. The second-order valence-corrected chi connectivity index (χ2v) is 6.95. The zero-order valence-corrected chi connectivity index (χ0v) is 15.5. The van der Waals surface area contributed by atoms with Crippen molar-refractivity contribution < 1.29 is 23.4 Å². The van der Waals surface area contributed by atoms with Gasteiger partial charge in [0, 0.05) is 29.2 Å². The summed E-state index contributed by atoms with van der Waals surface area (Å²) >= 11 is 0. The number of Topliss-reactive ketones (excluding diaryl/α,β-unsaturated/α-hetero) is 1. The van der Waals surface area contributed by atoms with Gasteiger partial charge in [-0.25, -0.2) is 0 Å². The van der Waals surface area contributed by atoms with E-state index in [0.29, 0.717) is 12.1 Å². The molecule has 1 unspecified atom stereocenters. The van der Waals surface area contributed by atoms with Crippen LogP contribution in [0.15, 0.2) is 30.3 Å². The van der Waals surface area contributed by atoms with Crippen LogP contribution in [0.1, 0.15) is 34.6 Å². The van der Waals surface area contributed by atoms with Crippen LogP contribution in [-0.4, -0.2) is 52.7 Å². The molecule has 1 saturated heterocycles. The first kappa shape index (κ1) is 19.5. The molecule has 0 bridgehead atoms. The monoisotopic (exact) mass is 378 g/mol. The summed E-state index contributed by atoms with van der Waals surface area (Å²) in [6, 6.07) is 8.19. The summed E-state index contributed by atoms with van der Waals surface area (Å²) in [4.78, 5) is 14.8. The maximum atomic E-state index is 12.8. The Balaban J connectivity index is 1.78. The topological polar surface area (TPSA) is 54.7 Å². The molecule has 1 aliphatic rings. The van der Waals surface area contributed by atoms with E-state index >= 15 is 0 Å². The van der Waals surface area contributed by atoms with Crippen LogP contribution in [0, 0.1) is 13.8 Å². The molecule has 1 atom stereocenters. The molecule has 1 N–H and O–H groups in total. The number of carbonyl (C=O) groups excluding carboxylic acids is 1. The summed E-state index contributed by atoms with van der Waals surface area (Å²) < 4.78 is 30.9. The second kappa shape index (κ2) is 8.19. The number of aromatic nitrogens is 1. The number of β-amino-alcohol motifs (C(OH)–C–C–N with tert-alkyl or cyclic N) is 1. The van der Waals surface area contributed by atoms with E-state index in [2.05, 4.69) is 4.74 Å². The van der Waals surface area contributed by atoms with Gasteiger partial charge in [0.2, 0.25) is 0 Å². The van der Waals surface area contributed by atoms with E-state index in [1.807, 2.05) is 29.4 Å². The van der Waals surface area contributed by atoms with Crippen LogP contribution in [0.4, 0.5) is 8.78 Å². The summed E-state index contributed by atoms with van der Waals surface area (Å²) in [5.41, 5.74) is 3.11. The zero-order chi connectivity index (χ0) is 19.6. The molecule has 27 heavy (non-hydrogen) atoms. The third kappa shape index (κ3) is 4.54. The number of hydrogen-bond donors (Lipinski definition) is 1. The Labute approximate surface area is 157 Å². The lowest BCUT2D eigenvalue weighted by Crippen LogP contribution is -2.41. The SMILES string of the molecule is Cc1cc(C(=O)CN2CCCC(O)C2)c(C)n1-c1ccc(OC(F)F)cc1. The summed E-state index contributed by atoms with van der Waals surface area (Å²) in [6.45, 7) is 2.53. The van der Waals surface area contributed by atoms with Gasteiger partial charge < -0.3 is 14.4 Å². The molecule has 1 aromatic heterocycles. The number of aliphatic hydroxyl groups excluding tert-OH is 1. The van der Waals surface area contributed by atoms with Gasteiger partial charge in [0.15, 0.2) is 5.78 Å². The second-order valence-electron chi connectivity index (χ2n) is 6.95. The largest absolute Gasteiger partial charge is 0.435 e. The molecule has 3 rings (SSSR count). The van der Waals surface area contributed by atoms with Crippen LogP contribution in [0.3, 0.4) is 0 Å². The quantitative estimate of drug-likeness (QED) is 0.784. The maximum absolute atomic E-state index is 12.8. The smallest absolute Gasteiger partial charge is 0.387 e. The third-order valence-electron chi connectivity index (χ3n) is 4.90. The number of rotatable bonds is 6. The number of ketones is 1. The van der Waals surface area contributed by atoms with Crippen molar-refractivity contribution in [2.75, 3.05) is 19.6 Å². The molecule has 0 saturated carbocycles. The number of alkyl halides is 2. The molecule has 0 amide bonds. The molecule has 2 heterocycles. The van der Waals surface area contributed by atoms with E-state index in [9.17, 15) is 18.7 Å². The number of halogens is 2. The van der Waals surface area contributed by atoms with Crippen LogP contribution in [-0.2, 0) is 0 Å². The van der Waals surface area contributed by atoms with E-state index in [1.54, 1.807) is 12.1 Å². The lowest BCUT2D eigenvalue weighted by Gasteiger charge is -2.29. The molecule has 7 heteroatoms. The van der Waals surface area contributed by atoms with Gasteiger partial charge in [0.05, 0.1) is 12.6 Å². The lowest BCUT2D eigenvalue weighted by atomic mass is 10.1. The Bertz CT molecular complexity index is 802. The van der Waals surface area contributed by atoms with Crippen molar-refractivity contribution in [1.29, 1.82) is 0 Å². The summed E-state index contributed by atoms with van der Waals surface area (Å²) in [5.74, 6) is 0.109. The maximum Gasteiger partial charge on any atom is 0.387 e. The standard InChI is InChI=1S/C20H24F2N2O3/c1-13-10-18(19(26)12-23-9-3-4-16(25)11-23)14(2)24(13)15-5-7-17(8-6-15)27-20(21)22/h5-8,10,16,20,25H,3-4,9,11-12H2,1-2H3. The van der Waals surface area contributed by atoms with Crippen molar-refractivity contribution in [2.24, 2.45) is 0 Å². The van der Waals surface area contributed by atoms with E-state index < -0.39 is 6.61 Å². The number of aryl methyl sites for hydroxylation is 1. The molecule has 0 radical (unpaired) electrons. The number of hydrogen-bond acceptors (Lipinski definition) is 4. The fourth-order valence-corrected chi connectivity index (χ4v) is 3.68. The molecular formula is C20H24F2N2O3. The van der Waals surface area contributed by atoms with Gasteiger partial charge in [-0.3, -0.25) is 9.69 Å². The fraction of sp³-hybridized carbons (Fsp3) is 0.450. The van der Waals surface area contributed by atoms with Crippen molar-refractivity contribution in [3.8, 4) is 11.4 Å². The highest BCUT2D eigenvalue weighted by molar-refractivity contribution is 5.99. The van der Waals surface area contributed by atoms with E-state index in [1.165, 1.54) is 12.1 Å². The van der Waals surface area contributed by atoms with Gasteiger partial charge in [-0.15, -0.1) is 0 Å². The van der Waals surface area contributed by atoms with Gasteiger partial charge >= 0.3 is 6.61 Å². The molecule has 1 aliphatic heterocycles. The third-order valence-corrected chi connectivity index (χ3v) is 4.90. The van der Waals surface area contributed by atoms with Crippen LogP contribution in [0.25, 0.3) is 5.69 Å². The van der Waals surface area contributed by atoms with Gasteiger partial charge in [-0.2, -0.15) is 8.78 Å². The van der Waals surface area contributed by atoms with Crippen LogP contribution in [0.2, 0.25) is 0 Å². The number of carbonyl (C=O) groups is 1. The Kier molecular flexibility index (Phi) is 5.92. The number of benzene rings is 1. The molecule has 146 valence electrons. The van der Waals surface area contributed by atoms with Gasteiger partial charge in [-0.1, -0.05) is 0 Å². The average molecular weight is 378 g/mol. The molecule has 1 aromatic carbocycles. The number of nitrogens with zero attached hydrogens (tertiary/aromatic N) is 2. The summed E-state index contributed by atoms with van der Waals surface area (Å²) in [6.07, 6.45) is 1.30. The van der Waals surface area contributed by atoms with Crippen molar-refractivity contribution in [3.63, 3.8) is 0 Å². The van der Waals surface area contributed by atoms with Crippen molar-refractivity contribution in [3.05, 3.63) is 47.3 Å². The normalized spacial score (nSPS) is 18.1. The van der Waals surface area contributed by atoms with Gasteiger partial charge in [-0.05, 0) is 63.6 Å². The number of aliphatic hydroxyl groups is 1. The Hall–Kier alpha value is -2.25. The fourth-order valence-electron chi connectivity index (χ4n) is 3.68. The first-order chi connectivity index (χ1) is 12.8. The predicted molar refractivity (Wildman–Crippen MR) is 97.9 cm³/mol. The van der Waals surface area contributed by atoms with E-state index in [4.69, 9.17) is 0 Å². The molecule has 0 aliphatic carbocycles. The first-order valence-electron chi connectivity index (χ1n) is 9.03. The van der Waals surface area contributed by atoms with Gasteiger partial charge in [0.25, 0.3) is 0 Å². The lowest BCUT2D eigenvalue weighted by molar-refractivity contribution is -0.0498. The van der Waals surface area contributed by atoms with E-state index in [-0.39, 0.29) is 24.2 Å². The van der Waals surface area contributed by atoms with Crippen molar-refractivity contribution in [2.45, 2.75) is 39.4 Å². The van der Waals surface area contributed by atoms with Gasteiger partial charge in [0.1, 0.15) is 5.75 Å². The molecule has 2 aromatic rings. The summed E-state index contributed by atoms with van der Waals surface area (Å²) in [5, 5.41) is 9.78. The number of piperidine rings is 1. The average Bonchev–Trinajstić information content (AvgIpc) is 2.90. The summed E-state index contributed by atoms with van der Waals surface area (Å²) in [7, 11) is 0. The highest BCUT2D eigenvalue weighted by atomic mass is 19.3. The van der Waals surface area contributed by atoms with Crippen molar-refractivity contribution in [1.82, 2.24) is 9.47 Å². The van der Waals surface area contributed by atoms with Crippen LogP contribution >= 0.6 is 0 Å².